The molecular weight excluding hydrogens is 338 g/mol. The molecule has 1 aromatic carbocycles. The molecule has 0 bridgehead atoms. The Labute approximate surface area is 148 Å². The summed E-state index contributed by atoms with van der Waals surface area (Å²) in [6.07, 6.45) is 3.52. The number of pyridine rings is 1. The summed E-state index contributed by atoms with van der Waals surface area (Å²) >= 11 is 0. The average molecular weight is 359 g/mol. The zero-order chi connectivity index (χ0) is 17.9. The monoisotopic (exact) mass is 359 g/mol. The van der Waals surface area contributed by atoms with Crippen LogP contribution in [0.15, 0.2) is 53.7 Å². The lowest BCUT2D eigenvalue weighted by atomic mass is 10.2. The molecule has 0 atom stereocenters. The minimum Gasteiger partial charge on any atom is -0.296 e. The van der Waals surface area contributed by atoms with E-state index in [-0.39, 0.29) is 10.7 Å². The van der Waals surface area contributed by atoms with Crippen LogP contribution >= 0.6 is 0 Å². The molecule has 7 heteroatoms. The first-order chi connectivity index (χ1) is 12.0. The number of sulfonamides is 1. The van der Waals surface area contributed by atoms with Crippen molar-refractivity contribution in [1.29, 1.82) is 0 Å². The molecule has 0 unspecified atom stereocenters. The molecule has 132 valence electrons. The molecule has 0 spiro atoms. The molecule has 1 aliphatic heterocycles. The number of ketones is 1. The summed E-state index contributed by atoms with van der Waals surface area (Å²) in [5, 5.41) is 0. The Morgan fingerprint density at radius 2 is 1.76 bits per heavy atom. The number of rotatable bonds is 5. The van der Waals surface area contributed by atoms with Crippen molar-refractivity contribution in [2.75, 3.05) is 26.2 Å². The minimum absolute atomic E-state index is 0.140. The highest BCUT2D eigenvalue weighted by atomic mass is 32.2. The smallest absolute Gasteiger partial charge is 0.243 e. The third kappa shape index (κ3) is 4.12. The van der Waals surface area contributed by atoms with Gasteiger partial charge < -0.3 is 0 Å². The summed E-state index contributed by atoms with van der Waals surface area (Å²) in [5.74, 6) is -0.140. The Kier molecular flexibility index (Phi) is 5.27. The predicted molar refractivity (Wildman–Crippen MR) is 94.7 cm³/mol. The number of nitrogens with zero attached hydrogens (tertiary/aromatic N) is 3. The molecule has 0 saturated carbocycles. The average Bonchev–Trinajstić information content (AvgIpc) is 2.63. The number of piperazine rings is 1. The number of carbonyl (C=O) groups is 1. The van der Waals surface area contributed by atoms with Crippen molar-refractivity contribution in [3.63, 3.8) is 0 Å². The van der Waals surface area contributed by atoms with Gasteiger partial charge in [-0.25, -0.2) is 8.42 Å². The van der Waals surface area contributed by atoms with Gasteiger partial charge in [0.15, 0.2) is 5.78 Å². The lowest BCUT2D eigenvalue weighted by Gasteiger charge is -2.34. The van der Waals surface area contributed by atoms with E-state index in [1.165, 1.54) is 22.9 Å². The van der Waals surface area contributed by atoms with E-state index >= 15 is 0 Å². The van der Waals surface area contributed by atoms with E-state index in [9.17, 15) is 13.2 Å². The summed E-state index contributed by atoms with van der Waals surface area (Å²) < 4.78 is 27.1. The van der Waals surface area contributed by atoms with Crippen LogP contribution in [-0.2, 0) is 16.6 Å². The highest BCUT2D eigenvalue weighted by Crippen LogP contribution is 2.19. The molecule has 0 amide bonds. The molecule has 25 heavy (non-hydrogen) atoms. The van der Waals surface area contributed by atoms with Gasteiger partial charge in [0.1, 0.15) is 0 Å². The van der Waals surface area contributed by atoms with Gasteiger partial charge in [-0.2, -0.15) is 4.31 Å². The summed E-state index contributed by atoms with van der Waals surface area (Å²) in [4.78, 5) is 17.9. The molecule has 0 aliphatic carbocycles. The topological polar surface area (TPSA) is 70.6 Å². The summed E-state index contributed by atoms with van der Waals surface area (Å²) in [5.41, 5.74) is 1.58. The Hall–Kier alpha value is -2.09. The van der Waals surface area contributed by atoms with E-state index in [0.717, 1.165) is 6.54 Å². The van der Waals surface area contributed by atoms with Gasteiger partial charge in [-0.1, -0.05) is 12.1 Å². The first-order valence-electron chi connectivity index (χ1n) is 8.19. The zero-order valence-corrected chi connectivity index (χ0v) is 14.9. The van der Waals surface area contributed by atoms with Crippen LogP contribution in [0.25, 0.3) is 0 Å². The second-order valence-corrected chi connectivity index (χ2v) is 8.06. The van der Waals surface area contributed by atoms with Gasteiger partial charge in [0.05, 0.1) is 4.90 Å². The minimum atomic E-state index is -3.57. The molecule has 6 nitrogen and oxygen atoms in total. The highest BCUT2D eigenvalue weighted by molar-refractivity contribution is 7.89. The fraction of sp³-hybridized carbons (Fsp3) is 0.333. The second kappa shape index (κ2) is 7.43. The second-order valence-electron chi connectivity index (χ2n) is 6.12. The van der Waals surface area contributed by atoms with Crippen LogP contribution in [0.3, 0.4) is 0 Å². The lowest BCUT2D eigenvalue weighted by molar-refractivity contribution is 0.101. The number of hydrogen-bond acceptors (Lipinski definition) is 5. The van der Waals surface area contributed by atoms with E-state index in [1.54, 1.807) is 30.6 Å². The van der Waals surface area contributed by atoms with Gasteiger partial charge >= 0.3 is 0 Å². The molecule has 1 aromatic heterocycles. The fourth-order valence-corrected chi connectivity index (χ4v) is 4.37. The third-order valence-corrected chi connectivity index (χ3v) is 6.26. The maximum atomic E-state index is 12.8. The Bertz CT molecular complexity index is 845. The van der Waals surface area contributed by atoms with Crippen molar-refractivity contribution in [3.8, 4) is 0 Å². The van der Waals surface area contributed by atoms with E-state index in [4.69, 9.17) is 0 Å². The van der Waals surface area contributed by atoms with E-state index in [2.05, 4.69) is 9.88 Å². The van der Waals surface area contributed by atoms with E-state index in [0.29, 0.717) is 31.7 Å². The molecule has 1 aliphatic rings. The van der Waals surface area contributed by atoms with Crippen molar-refractivity contribution >= 4 is 15.8 Å². The maximum Gasteiger partial charge on any atom is 0.243 e. The largest absolute Gasteiger partial charge is 0.296 e. The van der Waals surface area contributed by atoms with E-state index in [1.807, 2.05) is 12.1 Å². The highest BCUT2D eigenvalue weighted by Gasteiger charge is 2.28. The standard InChI is InChI=1S/C18H21N3O3S/c1-15(22)17-3-2-4-18(13-17)25(23,24)21-11-9-20(10-12-21)14-16-5-7-19-8-6-16/h2-8,13H,9-12,14H2,1H3. The molecule has 0 N–H and O–H groups in total. The van der Waals surface area contributed by atoms with Crippen molar-refractivity contribution in [3.05, 3.63) is 59.9 Å². The Morgan fingerprint density at radius 1 is 1.08 bits per heavy atom. The Balaban J connectivity index is 1.67. The van der Waals surface area contributed by atoms with Gasteiger partial charge in [-0.3, -0.25) is 14.7 Å². The predicted octanol–water partition coefficient (Wildman–Crippen LogP) is 1.79. The zero-order valence-electron chi connectivity index (χ0n) is 14.1. The van der Waals surface area contributed by atoms with Gasteiger partial charge in [0.25, 0.3) is 0 Å². The lowest BCUT2D eigenvalue weighted by Crippen LogP contribution is -2.48. The fourth-order valence-electron chi connectivity index (χ4n) is 2.90. The van der Waals surface area contributed by atoms with Crippen LogP contribution in [0, 0.1) is 0 Å². The molecular formula is C18H21N3O3S. The normalized spacial score (nSPS) is 16.7. The van der Waals surface area contributed by atoms with Crippen molar-refractivity contribution in [2.45, 2.75) is 18.4 Å². The van der Waals surface area contributed by atoms with Crippen LogP contribution in [0.4, 0.5) is 0 Å². The third-order valence-electron chi connectivity index (χ3n) is 4.37. The van der Waals surface area contributed by atoms with Crippen LogP contribution in [0.5, 0.6) is 0 Å². The summed E-state index contributed by atoms with van der Waals surface area (Å²) in [6, 6.07) is 10.2. The first kappa shape index (κ1) is 17.7. The van der Waals surface area contributed by atoms with Crippen molar-refractivity contribution < 1.29 is 13.2 Å². The maximum absolute atomic E-state index is 12.8. The summed E-state index contributed by atoms with van der Waals surface area (Å²) in [7, 11) is -3.57. The molecule has 2 aromatic rings. The molecule has 1 saturated heterocycles. The first-order valence-corrected chi connectivity index (χ1v) is 9.63. The van der Waals surface area contributed by atoms with E-state index < -0.39 is 10.0 Å². The van der Waals surface area contributed by atoms with Gasteiger partial charge in [0.2, 0.25) is 10.0 Å². The van der Waals surface area contributed by atoms with Crippen molar-refractivity contribution in [2.24, 2.45) is 0 Å². The van der Waals surface area contributed by atoms with Crippen LogP contribution in [-0.4, -0.2) is 54.6 Å². The van der Waals surface area contributed by atoms with Crippen LogP contribution < -0.4 is 0 Å². The van der Waals surface area contributed by atoms with Gasteiger partial charge in [0, 0.05) is 50.7 Å². The SMILES string of the molecule is CC(=O)c1cccc(S(=O)(=O)N2CCN(Cc3ccncc3)CC2)c1. The molecule has 1 fully saturated rings. The molecule has 2 heterocycles. The quantitative estimate of drug-likeness (QED) is 0.761. The number of Topliss-reactive ketones (excluding diaryl/α,β-unsaturated/α-hetero) is 1. The van der Waals surface area contributed by atoms with Gasteiger partial charge in [-0.15, -0.1) is 0 Å². The number of benzene rings is 1. The Morgan fingerprint density at radius 3 is 2.40 bits per heavy atom. The van der Waals surface area contributed by atoms with Crippen molar-refractivity contribution in [1.82, 2.24) is 14.2 Å². The number of hydrogen-bond donors (Lipinski definition) is 0. The molecule has 3 rings (SSSR count). The summed E-state index contributed by atoms with van der Waals surface area (Å²) in [6.45, 7) is 4.46. The van der Waals surface area contributed by atoms with Crippen LogP contribution in [0.2, 0.25) is 0 Å². The van der Waals surface area contributed by atoms with Gasteiger partial charge in [-0.05, 0) is 36.8 Å². The number of carbonyl (C=O) groups excluding carboxylic acids is 1. The number of aromatic nitrogens is 1. The molecule has 0 radical (unpaired) electrons. The van der Waals surface area contributed by atoms with Crippen LogP contribution in [0.1, 0.15) is 22.8 Å².